The van der Waals surface area contributed by atoms with Gasteiger partial charge in [0.1, 0.15) is 0 Å². The predicted octanol–water partition coefficient (Wildman–Crippen LogP) is 3.22. The molecule has 5 unspecified atom stereocenters. The first-order valence-electron chi connectivity index (χ1n) is 5.58. The van der Waals surface area contributed by atoms with Gasteiger partial charge in [-0.05, 0) is 60.2 Å². The molecular formula is C12H18. The molecule has 0 aliphatic heterocycles. The van der Waals surface area contributed by atoms with Crippen LogP contribution in [0.1, 0.15) is 46.0 Å². The van der Waals surface area contributed by atoms with E-state index in [1.807, 2.05) is 0 Å². The lowest BCUT2D eigenvalue weighted by Crippen LogP contribution is -2.65. The molecule has 0 nitrogen and oxygen atoms in total. The molecule has 0 aromatic carbocycles. The fourth-order valence-electron chi connectivity index (χ4n) is 6.24. The van der Waals surface area contributed by atoms with Crippen molar-refractivity contribution in [1.29, 1.82) is 0 Å². The predicted molar refractivity (Wildman–Crippen MR) is 48.7 cm³/mol. The van der Waals surface area contributed by atoms with Crippen molar-refractivity contribution in [3.05, 3.63) is 0 Å². The first-order valence-corrected chi connectivity index (χ1v) is 5.58. The molecule has 4 aliphatic carbocycles. The van der Waals surface area contributed by atoms with E-state index in [4.69, 9.17) is 0 Å². The average molecular weight is 162 g/mol. The molecule has 0 aromatic heterocycles. The molecule has 12 heavy (non-hydrogen) atoms. The fraction of sp³-hybridized carbons (Fsp3) is 1.00. The van der Waals surface area contributed by atoms with Crippen LogP contribution in [0.25, 0.3) is 0 Å². The Morgan fingerprint density at radius 2 is 1.75 bits per heavy atom. The van der Waals surface area contributed by atoms with Crippen molar-refractivity contribution >= 4 is 0 Å². The molecule has 5 atom stereocenters. The normalized spacial score (nSPS) is 76.5. The summed E-state index contributed by atoms with van der Waals surface area (Å²) >= 11 is 0. The summed E-state index contributed by atoms with van der Waals surface area (Å²) in [6.07, 6.45) is 7.93. The van der Waals surface area contributed by atoms with Crippen molar-refractivity contribution in [3.8, 4) is 0 Å². The number of rotatable bonds is 0. The largest absolute Gasteiger partial charge is 0.0596 e. The zero-order chi connectivity index (χ0) is 8.19. The fourth-order valence-corrected chi connectivity index (χ4v) is 6.24. The molecule has 0 heteroatoms. The van der Waals surface area contributed by atoms with E-state index >= 15 is 0 Å². The van der Waals surface area contributed by atoms with Gasteiger partial charge < -0.3 is 0 Å². The lowest BCUT2D eigenvalue weighted by atomic mass is 9.32. The quantitative estimate of drug-likeness (QED) is 0.513. The van der Waals surface area contributed by atoms with Crippen LogP contribution in [0.15, 0.2) is 0 Å². The summed E-state index contributed by atoms with van der Waals surface area (Å²) in [6, 6.07) is 0. The Morgan fingerprint density at radius 1 is 1.00 bits per heavy atom. The van der Waals surface area contributed by atoms with E-state index in [0.29, 0.717) is 0 Å². The van der Waals surface area contributed by atoms with Gasteiger partial charge >= 0.3 is 0 Å². The van der Waals surface area contributed by atoms with Crippen LogP contribution in [0.3, 0.4) is 0 Å². The molecular weight excluding hydrogens is 144 g/mol. The van der Waals surface area contributed by atoms with Crippen molar-refractivity contribution in [1.82, 2.24) is 0 Å². The summed E-state index contributed by atoms with van der Waals surface area (Å²) in [4.78, 5) is 0. The molecule has 0 heterocycles. The lowest BCUT2D eigenvalue weighted by molar-refractivity contribution is -0.236. The van der Waals surface area contributed by atoms with Crippen molar-refractivity contribution in [2.45, 2.75) is 46.0 Å². The molecule has 0 aromatic rings. The second-order valence-electron chi connectivity index (χ2n) is 6.80. The third kappa shape index (κ3) is 0.367. The monoisotopic (exact) mass is 162 g/mol. The molecule has 4 aliphatic rings. The van der Waals surface area contributed by atoms with Gasteiger partial charge in [0.2, 0.25) is 0 Å². The Bertz CT molecular complexity index is 282. The minimum absolute atomic E-state index is 0.782. The minimum Gasteiger partial charge on any atom is -0.0596 e. The maximum absolute atomic E-state index is 2.58. The second-order valence-corrected chi connectivity index (χ2v) is 6.80. The number of hydrogen-bond donors (Lipinski definition) is 0. The van der Waals surface area contributed by atoms with Crippen LogP contribution in [0.5, 0.6) is 0 Å². The Hall–Kier alpha value is 0. The van der Waals surface area contributed by atoms with Gasteiger partial charge in [-0.1, -0.05) is 13.8 Å². The molecule has 1 spiro atoms. The van der Waals surface area contributed by atoms with Crippen LogP contribution >= 0.6 is 0 Å². The van der Waals surface area contributed by atoms with Gasteiger partial charge in [0.25, 0.3) is 0 Å². The highest BCUT2D eigenvalue weighted by Gasteiger charge is 2.81. The van der Waals surface area contributed by atoms with E-state index in [2.05, 4.69) is 13.8 Å². The Labute approximate surface area is 74.7 Å². The molecule has 0 N–H and O–H groups in total. The van der Waals surface area contributed by atoms with Crippen molar-refractivity contribution < 1.29 is 0 Å². The summed E-state index contributed by atoms with van der Waals surface area (Å²) < 4.78 is 0. The van der Waals surface area contributed by atoms with Gasteiger partial charge in [0, 0.05) is 0 Å². The van der Waals surface area contributed by atoms with Gasteiger partial charge in [-0.3, -0.25) is 0 Å². The first-order chi connectivity index (χ1) is 5.58. The maximum Gasteiger partial charge on any atom is -0.0181 e. The summed E-state index contributed by atoms with van der Waals surface area (Å²) in [5.41, 5.74) is 2.50. The van der Waals surface area contributed by atoms with E-state index in [1.165, 1.54) is 11.8 Å². The SMILES string of the molecule is CC12CC3CC4CC(C)(C1)C34C2. The molecule has 4 rings (SSSR count). The van der Waals surface area contributed by atoms with Gasteiger partial charge in [-0.15, -0.1) is 0 Å². The van der Waals surface area contributed by atoms with Crippen LogP contribution in [-0.4, -0.2) is 0 Å². The topological polar surface area (TPSA) is 0 Å². The van der Waals surface area contributed by atoms with Crippen molar-refractivity contribution in [2.24, 2.45) is 28.1 Å². The smallest absolute Gasteiger partial charge is 0.0181 e. The molecule has 0 amide bonds. The highest BCUT2D eigenvalue weighted by Crippen LogP contribution is 2.89. The number of hydrogen-bond acceptors (Lipinski definition) is 0. The highest BCUT2D eigenvalue weighted by molar-refractivity contribution is 5.29. The number of fused-ring (bicyclic) bond motifs is 1. The zero-order valence-electron chi connectivity index (χ0n) is 8.19. The molecule has 4 fully saturated rings. The van der Waals surface area contributed by atoms with E-state index in [-0.39, 0.29) is 0 Å². The molecule has 66 valence electrons. The van der Waals surface area contributed by atoms with E-state index in [1.54, 1.807) is 32.1 Å². The Balaban J connectivity index is 1.92. The van der Waals surface area contributed by atoms with Crippen LogP contribution in [0.4, 0.5) is 0 Å². The first kappa shape index (κ1) is 6.45. The summed E-state index contributed by atoms with van der Waals surface area (Å²) in [5.74, 6) is 2.34. The summed E-state index contributed by atoms with van der Waals surface area (Å²) in [5, 5.41) is 0. The Morgan fingerprint density at radius 3 is 2.25 bits per heavy atom. The molecule has 0 saturated heterocycles. The van der Waals surface area contributed by atoms with Crippen LogP contribution in [-0.2, 0) is 0 Å². The van der Waals surface area contributed by atoms with Crippen LogP contribution in [0.2, 0.25) is 0 Å². The van der Waals surface area contributed by atoms with Gasteiger partial charge in [-0.25, -0.2) is 0 Å². The summed E-state index contributed by atoms with van der Waals surface area (Å²) in [7, 11) is 0. The van der Waals surface area contributed by atoms with Crippen molar-refractivity contribution in [3.63, 3.8) is 0 Å². The van der Waals surface area contributed by atoms with Gasteiger partial charge in [0.15, 0.2) is 0 Å². The molecule has 2 bridgehead atoms. The third-order valence-corrected chi connectivity index (χ3v) is 6.12. The molecule has 4 saturated carbocycles. The Kier molecular flexibility index (Phi) is 0.703. The lowest BCUT2D eigenvalue weighted by Gasteiger charge is -2.72. The van der Waals surface area contributed by atoms with Crippen LogP contribution in [0, 0.1) is 28.1 Å². The summed E-state index contributed by atoms with van der Waals surface area (Å²) in [6.45, 7) is 5.14. The van der Waals surface area contributed by atoms with Gasteiger partial charge in [-0.2, -0.15) is 0 Å². The highest BCUT2D eigenvalue weighted by atomic mass is 14.8. The zero-order valence-corrected chi connectivity index (χ0v) is 8.19. The van der Waals surface area contributed by atoms with Crippen LogP contribution < -0.4 is 0 Å². The van der Waals surface area contributed by atoms with E-state index < -0.39 is 0 Å². The van der Waals surface area contributed by atoms with Gasteiger partial charge in [0.05, 0.1) is 0 Å². The van der Waals surface area contributed by atoms with Crippen molar-refractivity contribution in [2.75, 3.05) is 0 Å². The van der Waals surface area contributed by atoms with E-state index in [0.717, 1.165) is 16.2 Å². The standard InChI is InChI=1S/C12H18/c1-10-4-8-3-9-5-11(2,6-10)12(8,9)7-10/h8-9H,3-7H2,1-2H3. The maximum atomic E-state index is 2.58. The average Bonchev–Trinajstić information content (AvgIpc) is 2.30. The molecule has 0 radical (unpaired) electrons. The van der Waals surface area contributed by atoms with E-state index in [9.17, 15) is 0 Å². The third-order valence-electron chi connectivity index (χ3n) is 6.12. The second kappa shape index (κ2) is 1.31. The minimum atomic E-state index is 0.782.